The van der Waals surface area contributed by atoms with Gasteiger partial charge in [-0.15, -0.1) is 0 Å². The zero-order valence-corrected chi connectivity index (χ0v) is 13.5. The Hall–Kier alpha value is -3.58. The Labute approximate surface area is 145 Å². The normalized spacial score (nSPS) is 10.7. The molecule has 25 heavy (non-hydrogen) atoms. The quantitative estimate of drug-likeness (QED) is 0.424. The summed E-state index contributed by atoms with van der Waals surface area (Å²) >= 11 is 0. The molecule has 4 aromatic rings. The topological polar surface area (TPSA) is 55.7 Å². The van der Waals surface area contributed by atoms with Gasteiger partial charge in [0.15, 0.2) is 6.20 Å². The van der Waals surface area contributed by atoms with Crippen LogP contribution >= 0.6 is 0 Å². The lowest BCUT2D eigenvalue weighted by Gasteiger charge is -2.05. The molecule has 4 rings (SSSR count). The molecule has 0 saturated heterocycles. The van der Waals surface area contributed by atoms with Gasteiger partial charge in [-0.1, -0.05) is 48.5 Å². The van der Waals surface area contributed by atoms with E-state index in [2.05, 4.69) is 22.8 Å². The van der Waals surface area contributed by atoms with E-state index in [-0.39, 0.29) is 0 Å². The summed E-state index contributed by atoms with van der Waals surface area (Å²) in [6.45, 7) is 0.733. The second kappa shape index (κ2) is 6.14. The molecule has 0 atom stereocenters. The van der Waals surface area contributed by atoms with E-state index >= 15 is 0 Å². The third-order valence-corrected chi connectivity index (χ3v) is 4.30. The molecule has 4 heteroatoms. The predicted molar refractivity (Wildman–Crippen MR) is 96.6 cm³/mol. The summed E-state index contributed by atoms with van der Waals surface area (Å²) in [5.41, 5.74) is 4.04. The third kappa shape index (κ3) is 2.73. The van der Waals surface area contributed by atoms with Crippen LogP contribution < -0.4 is 4.73 Å². The first-order chi connectivity index (χ1) is 12.3. The number of para-hydroxylation sites is 1. The lowest BCUT2D eigenvalue weighted by Crippen LogP contribution is -2.28. The lowest BCUT2D eigenvalue weighted by atomic mass is 10.1. The Balaban J connectivity index is 1.87. The summed E-state index contributed by atoms with van der Waals surface area (Å²) < 4.78 is 2.92. The minimum absolute atomic E-state index is 0.353. The molecular weight excluding hydrogens is 310 g/mol. The molecule has 4 nitrogen and oxygen atoms in total. The third-order valence-electron chi connectivity index (χ3n) is 4.30. The molecule has 0 unspecified atom stereocenters. The van der Waals surface area contributed by atoms with Crippen molar-refractivity contribution in [1.29, 1.82) is 5.26 Å². The van der Waals surface area contributed by atoms with Crippen LogP contribution in [-0.4, -0.2) is 4.57 Å². The highest BCUT2D eigenvalue weighted by Gasteiger charge is 2.17. The standard InChI is InChI=1S/C21H15N3O/c22-12-17-10-11-21(24(25)14-17)19-15-23(13-16-6-2-1-3-7-16)20-9-5-4-8-18(19)20/h1-11,14-15H,13H2. The largest absolute Gasteiger partial charge is 0.618 e. The molecule has 120 valence electrons. The molecule has 0 aliphatic heterocycles. The number of nitrogens with zero attached hydrogens (tertiary/aromatic N) is 3. The van der Waals surface area contributed by atoms with E-state index < -0.39 is 0 Å². The summed E-state index contributed by atoms with van der Waals surface area (Å²) in [5.74, 6) is 0. The molecule has 0 radical (unpaired) electrons. The van der Waals surface area contributed by atoms with Gasteiger partial charge in [0, 0.05) is 29.7 Å². The van der Waals surface area contributed by atoms with E-state index in [0.717, 1.165) is 27.7 Å². The number of fused-ring (bicyclic) bond motifs is 1. The van der Waals surface area contributed by atoms with Crippen molar-refractivity contribution in [3.05, 3.63) is 95.5 Å². The van der Waals surface area contributed by atoms with Crippen LogP contribution in [0.25, 0.3) is 22.2 Å². The number of aromatic nitrogens is 2. The molecule has 0 aliphatic rings. The monoisotopic (exact) mass is 325 g/mol. The number of benzene rings is 2. The Morgan fingerprint density at radius 1 is 0.960 bits per heavy atom. The van der Waals surface area contributed by atoms with Crippen LogP contribution in [0.2, 0.25) is 0 Å². The van der Waals surface area contributed by atoms with E-state index in [9.17, 15) is 5.21 Å². The molecule has 0 aliphatic carbocycles. The zero-order valence-electron chi connectivity index (χ0n) is 13.5. The van der Waals surface area contributed by atoms with Crippen molar-refractivity contribution < 1.29 is 4.73 Å². The lowest BCUT2D eigenvalue weighted by molar-refractivity contribution is -0.593. The molecule has 2 aromatic carbocycles. The maximum Gasteiger partial charge on any atom is 0.225 e. The first kappa shape index (κ1) is 15.0. The molecule has 2 heterocycles. The van der Waals surface area contributed by atoms with Gasteiger partial charge in [0.25, 0.3) is 0 Å². The van der Waals surface area contributed by atoms with Crippen molar-refractivity contribution in [2.75, 3.05) is 0 Å². The highest BCUT2D eigenvalue weighted by atomic mass is 16.5. The second-order valence-corrected chi connectivity index (χ2v) is 5.91. The summed E-state index contributed by atoms with van der Waals surface area (Å²) in [6, 6.07) is 23.6. The number of hydrogen-bond acceptors (Lipinski definition) is 2. The minimum atomic E-state index is 0.353. The number of pyridine rings is 1. The average Bonchev–Trinajstić information content (AvgIpc) is 3.01. The van der Waals surface area contributed by atoms with Gasteiger partial charge in [0.1, 0.15) is 11.6 Å². The van der Waals surface area contributed by atoms with E-state index in [1.54, 1.807) is 12.1 Å². The molecule has 0 bridgehead atoms. The first-order valence-corrected chi connectivity index (χ1v) is 8.02. The number of hydrogen-bond donors (Lipinski definition) is 0. The van der Waals surface area contributed by atoms with Gasteiger partial charge in [-0.2, -0.15) is 9.99 Å². The molecule has 0 amide bonds. The SMILES string of the molecule is N#Cc1ccc(-c2cn(Cc3ccccc3)c3ccccc23)[n+]([O-])c1. The van der Waals surface area contributed by atoms with Gasteiger partial charge in [0.05, 0.1) is 5.56 Å². The van der Waals surface area contributed by atoms with Gasteiger partial charge in [-0.05, 0) is 17.7 Å². The molecule has 0 saturated carbocycles. The van der Waals surface area contributed by atoms with Gasteiger partial charge < -0.3 is 9.77 Å². The number of rotatable bonds is 3. The summed E-state index contributed by atoms with van der Waals surface area (Å²) in [5, 5.41) is 22.3. The highest BCUT2D eigenvalue weighted by molar-refractivity contribution is 5.94. The Morgan fingerprint density at radius 3 is 2.48 bits per heavy atom. The van der Waals surface area contributed by atoms with E-state index in [1.165, 1.54) is 11.8 Å². The molecule has 0 fully saturated rings. The van der Waals surface area contributed by atoms with Crippen molar-refractivity contribution in [3.63, 3.8) is 0 Å². The maximum absolute atomic E-state index is 12.4. The molecule has 0 N–H and O–H groups in total. The predicted octanol–water partition coefficient (Wildman–Crippen LogP) is 3.86. The molecule has 2 aromatic heterocycles. The van der Waals surface area contributed by atoms with Crippen molar-refractivity contribution in [2.45, 2.75) is 6.54 Å². The molecule has 0 spiro atoms. The summed E-state index contributed by atoms with van der Waals surface area (Å²) in [6.07, 6.45) is 3.33. The van der Waals surface area contributed by atoms with Crippen LogP contribution in [0.5, 0.6) is 0 Å². The van der Waals surface area contributed by atoms with Gasteiger partial charge in [-0.25, -0.2) is 0 Å². The fraction of sp³-hybridized carbons (Fsp3) is 0.0476. The Morgan fingerprint density at radius 2 is 1.72 bits per heavy atom. The summed E-state index contributed by atoms with van der Waals surface area (Å²) in [7, 11) is 0. The second-order valence-electron chi connectivity index (χ2n) is 5.91. The zero-order chi connectivity index (χ0) is 17.2. The molecular formula is C21H15N3O. The Kier molecular flexibility index (Phi) is 3.68. The maximum atomic E-state index is 12.4. The van der Waals surface area contributed by atoms with Crippen molar-refractivity contribution in [2.24, 2.45) is 0 Å². The first-order valence-electron chi connectivity index (χ1n) is 8.02. The van der Waals surface area contributed by atoms with Crippen LogP contribution in [0.4, 0.5) is 0 Å². The Bertz CT molecular complexity index is 1090. The van der Waals surface area contributed by atoms with Crippen LogP contribution in [-0.2, 0) is 6.54 Å². The van der Waals surface area contributed by atoms with E-state index in [0.29, 0.717) is 11.3 Å². The van der Waals surface area contributed by atoms with Gasteiger partial charge in [0.2, 0.25) is 5.69 Å². The van der Waals surface area contributed by atoms with Crippen LogP contribution in [0.3, 0.4) is 0 Å². The fourth-order valence-corrected chi connectivity index (χ4v) is 3.12. The van der Waals surface area contributed by atoms with Crippen LogP contribution in [0, 0.1) is 16.5 Å². The van der Waals surface area contributed by atoms with Crippen molar-refractivity contribution in [3.8, 4) is 17.3 Å². The minimum Gasteiger partial charge on any atom is -0.618 e. The fourth-order valence-electron chi connectivity index (χ4n) is 3.12. The van der Waals surface area contributed by atoms with Crippen molar-refractivity contribution in [1.82, 2.24) is 4.57 Å². The smallest absolute Gasteiger partial charge is 0.225 e. The van der Waals surface area contributed by atoms with E-state index in [4.69, 9.17) is 5.26 Å². The van der Waals surface area contributed by atoms with Gasteiger partial charge >= 0.3 is 0 Å². The summed E-state index contributed by atoms with van der Waals surface area (Å²) in [4.78, 5) is 0. The van der Waals surface area contributed by atoms with Crippen LogP contribution in [0.15, 0.2) is 79.1 Å². The van der Waals surface area contributed by atoms with E-state index in [1.807, 2.05) is 48.7 Å². The van der Waals surface area contributed by atoms with Crippen LogP contribution in [0.1, 0.15) is 11.1 Å². The van der Waals surface area contributed by atoms with Crippen molar-refractivity contribution >= 4 is 10.9 Å². The number of nitriles is 1. The highest BCUT2D eigenvalue weighted by Crippen LogP contribution is 2.29. The average molecular weight is 325 g/mol. The van der Waals surface area contributed by atoms with Gasteiger partial charge in [-0.3, -0.25) is 0 Å².